The number of rotatable bonds is 7. The van der Waals surface area contributed by atoms with Crippen molar-refractivity contribution in [3.63, 3.8) is 0 Å². The van der Waals surface area contributed by atoms with Crippen molar-refractivity contribution in [2.24, 2.45) is 4.99 Å². The van der Waals surface area contributed by atoms with Crippen LogP contribution in [0.1, 0.15) is 12.5 Å². The van der Waals surface area contributed by atoms with Gasteiger partial charge >= 0.3 is 0 Å². The van der Waals surface area contributed by atoms with Gasteiger partial charge in [-0.3, -0.25) is 9.67 Å². The first-order valence-electron chi connectivity index (χ1n) is 7.83. The van der Waals surface area contributed by atoms with Crippen LogP contribution in [0.25, 0.3) is 0 Å². The SMILES string of the molecule is CCNC(=NCCn1cccn1)N(C)Cc1ccccc1OC. The van der Waals surface area contributed by atoms with Gasteiger partial charge in [-0.2, -0.15) is 5.10 Å². The Morgan fingerprint density at radius 3 is 2.87 bits per heavy atom. The summed E-state index contributed by atoms with van der Waals surface area (Å²) in [5.41, 5.74) is 1.13. The average Bonchev–Trinajstić information content (AvgIpc) is 3.08. The molecule has 0 fully saturated rings. The molecule has 124 valence electrons. The van der Waals surface area contributed by atoms with E-state index in [1.165, 1.54) is 0 Å². The highest BCUT2D eigenvalue weighted by Crippen LogP contribution is 2.18. The fourth-order valence-electron chi connectivity index (χ4n) is 2.32. The predicted molar refractivity (Wildman–Crippen MR) is 92.7 cm³/mol. The molecule has 6 heteroatoms. The number of guanidine groups is 1. The zero-order valence-corrected chi connectivity index (χ0v) is 14.1. The summed E-state index contributed by atoms with van der Waals surface area (Å²) >= 11 is 0. The lowest BCUT2D eigenvalue weighted by Gasteiger charge is -2.23. The van der Waals surface area contributed by atoms with E-state index in [1.54, 1.807) is 13.3 Å². The van der Waals surface area contributed by atoms with Crippen LogP contribution in [0.3, 0.4) is 0 Å². The standard InChI is InChI=1S/C17H25N5O/c1-4-18-17(19-11-13-22-12-7-10-20-22)21(2)14-15-8-5-6-9-16(15)23-3/h5-10,12H,4,11,13-14H2,1-3H3,(H,18,19). The number of methoxy groups -OCH3 is 1. The smallest absolute Gasteiger partial charge is 0.194 e. The molecule has 2 rings (SSSR count). The molecular formula is C17H25N5O. The first-order chi connectivity index (χ1) is 11.2. The second kappa shape index (κ2) is 8.82. The van der Waals surface area contributed by atoms with Gasteiger partial charge in [0.2, 0.25) is 0 Å². The van der Waals surface area contributed by atoms with Gasteiger partial charge in [0, 0.05) is 38.1 Å². The topological polar surface area (TPSA) is 54.7 Å². The third kappa shape index (κ3) is 5.02. The minimum Gasteiger partial charge on any atom is -0.496 e. The largest absolute Gasteiger partial charge is 0.496 e. The van der Waals surface area contributed by atoms with E-state index in [4.69, 9.17) is 4.74 Å². The van der Waals surface area contributed by atoms with Gasteiger partial charge in [0.25, 0.3) is 0 Å². The lowest BCUT2D eigenvalue weighted by atomic mass is 10.2. The second-order valence-corrected chi connectivity index (χ2v) is 5.17. The summed E-state index contributed by atoms with van der Waals surface area (Å²) in [5, 5.41) is 7.52. The molecule has 23 heavy (non-hydrogen) atoms. The van der Waals surface area contributed by atoms with Gasteiger partial charge in [0.15, 0.2) is 5.96 Å². The molecule has 0 bridgehead atoms. The van der Waals surface area contributed by atoms with E-state index < -0.39 is 0 Å². The molecule has 6 nitrogen and oxygen atoms in total. The highest BCUT2D eigenvalue weighted by molar-refractivity contribution is 5.79. The van der Waals surface area contributed by atoms with E-state index in [0.717, 1.165) is 36.9 Å². The summed E-state index contributed by atoms with van der Waals surface area (Å²) < 4.78 is 7.30. The molecule has 0 aliphatic carbocycles. The fourth-order valence-corrected chi connectivity index (χ4v) is 2.32. The summed E-state index contributed by atoms with van der Waals surface area (Å²) in [6.45, 7) is 5.08. The van der Waals surface area contributed by atoms with Crippen LogP contribution in [-0.4, -0.2) is 47.9 Å². The van der Waals surface area contributed by atoms with E-state index in [-0.39, 0.29) is 0 Å². The van der Waals surface area contributed by atoms with Crippen molar-refractivity contribution < 1.29 is 4.74 Å². The van der Waals surface area contributed by atoms with Gasteiger partial charge in [-0.15, -0.1) is 0 Å². The molecule has 0 radical (unpaired) electrons. The summed E-state index contributed by atoms with van der Waals surface area (Å²) in [7, 11) is 3.73. The van der Waals surface area contributed by atoms with Gasteiger partial charge in [-0.1, -0.05) is 18.2 Å². The molecular weight excluding hydrogens is 290 g/mol. The Balaban J connectivity index is 2.00. The van der Waals surface area contributed by atoms with Crippen LogP contribution in [0.15, 0.2) is 47.7 Å². The third-order valence-corrected chi connectivity index (χ3v) is 3.45. The molecule has 0 saturated heterocycles. The minimum atomic E-state index is 0.681. The zero-order chi connectivity index (χ0) is 16.5. The van der Waals surface area contributed by atoms with E-state index in [1.807, 2.05) is 42.2 Å². The first-order valence-corrected chi connectivity index (χ1v) is 7.83. The van der Waals surface area contributed by atoms with E-state index >= 15 is 0 Å². The second-order valence-electron chi connectivity index (χ2n) is 5.17. The van der Waals surface area contributed by atoms with Gasteiger partial charge in [0.1, 0.15) is 5.75 Å². The maximum Gasteiger partial charge on any atom is 0.194 e. The van der Waals surface area contributed by atoms with Crippen molar-refractivity contribution in [1.29, 1.82) is 0 Å². The Morgan fingerprint density at radius 2 is 2.17 bits per heavy atom. The van der Waals surface area contributed by atoms with Crippen LogP contribution in [-0.2, 0) is 13.1 Å². The number of para-hydroxylation sites is 1. The summed E-state index contributed by atoms with van der Waals surface area (Å²) in [5.74, 6) is 1.78. The van der Waals surface area contributed by atoms with Gasteiger partial charge in [-0.25, -0.2) is 0 Å². The summed E-state index contributed by atoms with van der Waals surface area (Å²) in [6.07, 6.45) is 3.73. The fraction of sp³-hybridized carbons (Fsp3) is 0.412. The van der Waals surface area contributed by atoms with Crippen molar-refractivity contribution in [3.8, 4) is 5.75 Å². The molecule has 0 unspecified atom stereocenters. The van der Waals surface area contributed by atoms with E-state index in [9.17, 15) is 0 Å². The van der Waals surface area contributed by atoms with Crippen molar-refractivity contribution in [2.45, 2.75) is 20.0 Å². The lowest BCUT2D eigenvalue weighted by molar-refractivity contribution is 0.396. The quantitative estimate of drug-likeness (QED) is 0.627. The van der Waals surface area contributed by atoms with Crippen LogP contribution in [0, 0.1) is 0 Å². The number of aliphatic imine (C=N–C) groups is 1. The Hall–Kier alpha value is -2.50. The van der Waals surface area contributed by atoms with Gasteiger partial charge in [0.05, 0.1) is 20.2 Å². The Morgan fingerprint density at radius 1 is 1.35 bits per heavy atom. The first kappa shape index (κ1) is 16.9. The number of nitrogens with zero attached hydrogens (tertiary/aromatic N) is 4. The number of hydrogen-bond acceptors (Lipinski definition) is 3. The molecule has 1 aromatic heterocycles. The number of nitrogens with one attached hydrogen (secondary N) is 1. The van der Waals surface area contributed by atoms with Crippen molar-refractivity contribution >= 4 is 5.96 Å². The monoisotopic (exact) mass is 315 g/mol. The van der Waals surface area contributed by atoms with Gasteiger partial charge < -0.3 is 15.0 Å². The zero-order valence-electron chi connectivity index (χ0n) is 14.1. The molecule has 0 atom stereocenters. The molecule has 0 spiro atoms. The van der Waals surface area contributed by atoms with Crippen LogP contribution >= 0.6 is 0 Å². The van der Waals surface area contributed by atoms with Gasteiger partial charge in [-0.05, 0) is 19.1 Å². The van der Waals surface area contributed by atoms with E-state index in [0.29, 0.717) is 6.54 Å². The number of benzene rings is 1. The number of hydrogen-bond donors (Lipinski definition) is 1. The molecule has 1 N–H and O–H groups in total. The maximum absolute atomic E-state index is 5.42. The normalized spacial score (nSPS) is 11.3. The highest BCUT2D eigenvalue weighted by Gasteiger charge is 2.09. The Bertz CT molecular complexity index is 609. The van der Waals surface area contributed by atoms with Crippen LogP contribution in [0.2, 0.25) is 0 Å². The van der Waals surface area contributed by atoms with Crippen molar-refractivity contribution in [3.05, 3.63) is 48.3 Å². The van der Waals surface area contributed by atoms with Crippen LogP contribution < -0.4 is 10.1 Å². The predicted octanol–water partition coefficient (Wildman–Crippen LogP) is 1.99. The molecule has 1 aromatic carbocycles. The lowest BCUT2D eigenvalue weighted by Crippen LogP contribution is -2.38. The number of aromatic nitrogens is 2. The highest BCUT2D eigenvalue weighted by atomic mass is 16.5. The van der Waals surface area contributed by atoms with Crippen LogP contribution in [0.5, 0.6) is 5.75 Å². The molecule has 2 aromatic rings. The Labute approximate surface area is 137 Å². The average molecular weight is 315 g/mol. The third-order valence-electron chi connectivity index (χ3n) is 3.45. The maximum atomic E-state index is 5.42. The van der Waals surface area contributed by atoms with E-state index in [2.05, 4.69) is 33.3 Å². The Kier molecular flexibility index (Phi) is 6.47. The summed E-state index contributed by atoms with van der Waals surface area (Å²) in [4.78, 5) is 6.77. The molecule has 0 saturated carbocycles. The van der Waals surface area contributed by atoms with Crippen molar-refractivity contribution in [2.75, 3.05) is 27.2 Å². The summed E-state index contributed by atoms with van der Waals surface area (Å²) in [6, 6.07) is 9.97. The molecule has 0 amide bonds. The molecule has 0 aliphatic rings. The van der Waals surface area contributed by atoms with Crippen molar-refractivity contribution in [1.82, 2.24) is 20.0 Å². The minimum absolute atomic E-state index is 0.681. The molecule has 0 aliphatic heterocycles. The van der Waals surface area contributed by atoms with Crippen LogP contribution in [0.4, 0.5) is 0 Å². The molecule has 1 heterocycles. The number of ether oxygens (including phenoxy) is 1.